The largest absolute Gasteiger partial charge is 0.497 e. The van der Waals surface area contributed by atoms with E-state index in [1.54, 1.807) is 25.3 Å². The van der Waals surface area contributed by atoms with Crippen molar-refractivity contribution in [1.82, 2.24) is 4.90 Å². The molecule has 126 valence electrons. The maximum Gasteiger partial charge on any atom is 0.173 e. The lowest BCUT2D eigenvalue weighted by Crippen LogP contribution is -2.50. The normalized spacial score (nSPS) is 14.4. The number of hydrogen-bond donors (Lipinski definition) is 1. The van der Waals surface area contributed by atoms with Crippen molar-refractivity contribution in [3.8, 4) is 5.75 Å². The van der Waals surface area contributed by atoms with Gasteiger partial charge in [-0.1, -0.05) is 12.1 Å². The SMILES string of the molecule is COc1ccc(N2CCN(C(=S)Nc3ccccc3F)CC2)cc1. The van der Waals surface area contributed by atoms with Gasteiger partial charge in [0.2, 0.25) is 0 Å². The van der Waals surface area contributed by atoms with Crippen LogP contribution in [-0.4, -0.2) is 43.3 Å². The van der Waals surface area contributed by atoms with Crippen molar-refractivity contribution in [1.29, 1.82) is 0 Å². The van der Waals surface area contributed by atoms with Crippen molar-refractivity contribution < 1.29 is 9.13 Å². The first kappa shape index (κ1) is 16.5. The van der Waals surface area contributed by atoms with Gasteiger partial charge in [0.05, 0.1) is 12.8 Å². The van der Waals surface area contributed by atoms with Crippen LogP contribution in [-0.2, 0) is 0 Å². The van der Waals surface area contributed by atoms with E-state index in [9.17, 15) is 4.39 Å². The molecule has 4 nitrogen and oxygen atoms in total. The highest BCUT2D eigenvalue weighted by Gasteiger charge is 2.19. The van der Waals surface area contributed by atoms with Gasteiger partial charge >= 0.3 is 0 Å². The van der Waals surface area contributed by atoms with Gasteiger partial charge in [0.15, 0.2) is 5.11 Å². The van der Waals surface area contributed by atoms with Gasteiger partial charge in [-0.3, -0.25) is 0 Å². The third kappa shape index (κ3) is 3.76. The molecule has 1 saturated heterocycles. The van der Waals surface area contributed by atoms with E-state index in [-0.39, 0.29) is 5.82 Å². The van der Waals surface area contributed by atoms with Crippen LogP contribution in [0, 0.1) is 5.82 Å². The van der Waals surface area contributed by atoms with Crippen LogP contribution >= 0.6 is 12.2 Å². The molecule has 0 radical (unpaired) electrons. The first-order chi connectivity index (χ1) is 11.7. The van der Waals surface area contributed by atoms with Crippen molar-refractivity contribution in [2.24, 2.45) is 0 Å². The number of nitrogens with one attached hydrogen (secondary N) is 1. The van der Waals surface area contributed by atoms with E-state index >= 15 is 0 Å². The summed E-state index contributed by atoms with van der Waals surface area (Å²) < 4.78 is 18.9. The molecule has 2 aromatic carbocycles. The number of piperazine rings is 1. The Morgan fingerprint density at radius 2 is 1.71 bits per heavy atom. The number of anilines is 2. The highest BCUT2D eigenvalue weighted by atomic mass is 32.1. The van der Waals surface area contributed by atoms with Crippen LogP contribution < -0.4 is 15.0 Å². The molecule has 1 aliphatic rings. The van der Waals surface area contributed by atoms with Gasteiger partial charge in [-0.15, -0.1) is 0 Å². The van der Waals surface area contributed by atoms with E-state index in [4.69, 9.17) is 17.0 Å². The molecule has 1 fully saturated rings. The Morgan fingerprint density at radius 3 is 2.33 bits per heavy atom. The molecule has 0 aliphatic carbocycles. The predicted molar refractivity (Wildman–Crippen MR) is 99.4 cm³/mol. The number of hydrogen-bond acceptors (Lipinski definition) is 3. The van der Waals surface area contributed by atoms with Crippen LogP contribution in [0.4, 0.5) is 15.8 Å². The average molecular weight is 345 g/mol. The smallest absolute Gasteiger partial charge is 0.173 e. The maximum atomic E-state index is 13.7. The van der Waals surface area contributed by atoms with Crippen molar-refractivity contribution in [3.05, 3.63) is 54.3 Å². The van der Waals surface area contributed by atoms with E-state index in [1.807, 2.05) is 12.1 Å². The van der Waals surface area contributed by atoms with Crippen LogP contribution in [0.3, 0.4) is 0 Å². The molecule has 0 aromatic heterocycles. The minimum atomic E-state index is -0.295. The Balaban J connectivity index is 1.56. The molecule has 3 rings (SSSR count). The first-order valence-corrected chi connectivity index (χ1v) is 8.27. The monoisotopic (exact) mass is 345 g/mol. The van der Waals surface area contributed by atoms with Crippen LogP contribution in [0.5, 0.6) is 5.75 Å². The molecule has 0 amide bonds. The summed E-state index contributed by atoms with van der Waals surface area (Å²) in [5.74, 6) is 0.560. The predicted octanol–water partition coefficient (Wildman–Crippen LogP) is 3.35. The van der Waals surface area contributed by atoms with Gasteiger partial charge in [0.25, 0.3) is 0 Å². The second-order valence-electron chi connectivity index (χ2n) is 5.58. The standard InChI is InChI=1S/C18H20FN3OS/c1-23-15-8-6-14(7-9-15)21-10-12-22(13-11-21)18(24)20-17-5-3-2-4-16(17)19/h2-9H,10-13H2,1H3,(H,20,24). The van der Waals surface area contributed by atoms with Gasteiger partial charge in [-0.2, -0.15) is 0 Å². The summed E-state index contributed by atoms with van der Waals surface area (Å²) in [5.41, 5.74) is 1.59. The van der Waals surface area contributed by atoms with Crippen LogP contribution in [0.25, 0.3) is 0 Å². The zero-order chi connectivity index (χ0) is 16.9. The number of halogens is 1. The Bertz CT molecular complexity index is 700. The van der Waals surface area contributed by atoms with Crippen LogP contribution in [0.1, 0.15) is 0 Å². The molecule has 1 N–H and O–H groups in total. The van der Waals surface area contributed by atoms with Crippen molar-refractivity contribution in [2.45, 2.75) is 0 Å². The molecule has 2 aromatic rings. The minimum Gasteiger partial charge on any atom is -0.497 e. The highest BCUT2D eigenvalue weighted by molar-refractivity contribution is 7.80. The van der Waals surface area contributed by atoms with Gasteiger partial charge < -0.3 is 19.9 Å². The topological polar surface area (TPSA) is 27.7 Å². The Morgan fingerprint density at radius 1 is 1.04 bits per heavy atom. The van der Waals surface area contributed by atoms with Crippen molar-refractivity contribution >= 4 is 28.7 Å². The molecule has 6 heteroatoms. The Hall–Kier alpha value is -2.34. The first-order valence-electron chi connectivity index (χ1n) is 7.87. The Kier molecular flexibility index (Phi) is 5.15. The lowest BCUT2D eigenvalue weighted by Gasteiger charge is -2.37. The van der Waals surface area contributed by atoms with Crippen LogP contribution in [0.15, 0.2) is 48.5 Å². The number of thiocarbonyl (C=S) groups is 1. The zero-order valence-electron chi connectivity index (χ0n) is 13.5. The summed E-state index contributed by atoms with van der Waals surface area (Å²) in [5, 5.41) is 3.56. The zero-order valence-corrected chi connectivity index (χ0v) is 14.4. The summed E-state index contributed by atoms with van der Waals surface area (Å²) in [6.07, 6.45) is 0. The van der Waals surface area contributed by atoms with Gasteiger partial charge in [0.1, 0.15) is 11.6 Å². The van der Waals surface area contributed by atoms with E-state index < -0.39 is 0 Å². The fourth-order valence-corrected chi connectivity index (χ4v) is 3.01. The van der Waals surface area contributed by atoms with E-state index in [2.05, 4.69) is 27.2 Å². The fourth-order valence-electron chi connectivity index (χ4n) is 2.72. The molecule has 0 bridgehead atoms. The number of nitrogens with zero attached hydrogens (tertiary/aromatic N) is 2. The lowest BCUT2D eigenvalue weighted by atomic mass is 10.2. The van der Waals surface area contributed by atoms with Crippen LogP contribution in [0.2, 0.25) is 0 Å². The van der Waals surface area contributed by atoms with E-state index in [1.165, 1.54) is 11.8 Å². The molecule has 0 unspecified atom stereocenters. The molecule has 0 spiro atoms. The summed E-state index contributed by atoms with van der Waals surface area (Å²) >= 11 is 5.42. The third-order valence-electron chi connectivity index (χ3n) is 4.12. The third-order valence-corrected chi connectivity index (χ3v) is 4.48. The average Bonchev–Trinajstić information content (AvgIpc) is 2.64. The lowest BCUT2D eigenvalue weighted by molar-refractivity contribution is 0.390. The van der Waals surface area contributed by atoms with E-state index in [0.717, 1.165) is 31.9 Å². The molecule has 0 saturated carbocycles. The second kappa shape index (κ2) is 7.49. The molecular formula is C18H20FN3OS. The molecule has 24 heavy (non-hydrogen) atoms. The van der Waals surface area contributed by atoms with Gasteiger partial charge in [-0.05, 0) is 48.6 Å². The number of ether oxygens (including phenoxy) is 1. The molecule has 1 heterocycles. The Labute approximate surface area is 146 Å². The van der Waals surface area contributed by atoms with Gasteiger partial charge in [0, 0.05) is 31.9 Å². The summed E-state index contributed by atoms with van der Waals surface area (Å²) in [7, 11) is 1.66. The second-order valence-corrected chi connectivity index (χ2v) is 5.97. The minimum absolute atomic E-state index is 0.295. The summed E-state index contributed by atoms with van der Waals surface area (Å²) in [6, 6.07) is 14.6. The van der Waals surface area contributed by atoms with Gasteiger partial charge in [-0.25, -0.2) is 4.39 Å². The number of para-hydroxylation sites is 1. The van der Waals surface area contributed by atoms with E-state index in [0.29, 0.717) is 10.8 Å². The quantitative estimate of drug-likeness (QED) is 0.861. The number of methoxy groups -OCH3 is 1. The molecule has 1 aliphatic heterocycles. The molecule has 0 atom stereocenters. The summed E-state index contributed by atoms with van der Waals surface area (Å²) in [4.78, 5) is 4.38. The molecular weight excluding hydrogens is 325 g/mol. The highest BCUT2D eigenvalue weighted by Crippen LogP contribution is 2.21. The van der Waals surface area contributed by atoms with Crippen molar-refractivity contribution in [2.75, 3.05) is 43.5 Å². The number of benzene rings is 2. The maximum absolute atomic E-state index is 13.7. The summed E-state index contributed by atoms with van der Waals surface area (Å²) in [6.45, 7) is 3.33. The fraction of sp³-hybridized carbons (Fsp3) is 0.278. The number of rotatable bonds is 3. The van der Waals surface area contributed by atoms with Crippen molar-refractivity contribution in [3.63, 3.8) is 0 Å².